The van der Waals surface area contributed by atoms with Gasteiger partial charge in [-0.15, -0.1) is 0 Å². The maximum atomic E-state index is 5.43. The Bertz CT molecular complexity index is 253. The van der Waals surface area contributed by atoms with E-state index in [1.807, 2.05) is 39.1 Å². The fourth-order valence-corrected chi connectivity index (χ4v) is 0.751. The van der Waals surface area contributed by atoms with Gasteiger partial charge in [0.05, 0.1) is 0 Å². The lowest BCUT2D eigenvalue weighted by Gasteiger charge is -2.05. The second-order valence-corrected chi connectivity index (χ2v) is 2.97. The van der Waals surface area contributed by atoms with Crippen molar-refractivity contribution in [2.24, 2.45) is 5.73 Å². The molecule has 0 saturated heterocycles. The highest BCUT2D eigenvalue weighted by molar-refractivity contribution is 5.36. The van der Waals surface area contributed by atoms with Gasteiger partial charge < -0.3 is 11.1 Å². The van der Waals surface area contributed by atoms with Crippen molar-refractivity contribution < 1.29 is 0 Å². The molecule has 0 radical (unpaired) electrons. The van der Waals surface area contributed by atoms with Crippen molar-refractivity contribution in [1.29, 1.82) is 0 Å². The zero-order chi connectivity index (χ0) is 10.3. The summed E-state index contributed by atoms with van der Waals surface area (Å²) in [5, 5.41) is 3.06. The highest BCUT2D eigenvalue weighted by Crippen LogP contribution is 2.04. The van der Waals surface area contributed by atoms with E-state index in [2.05, 4.69) is 11.9 Å². The fourth-order valence-electron chi connectivity index (χ4n) is 0.751. The van der Waals surface area contributed by atoms with Gasteiger partial charge in [0.1, 0.15) is 0 Å². The van der Waals surface area contributed by atoms with Crippen LogP contribution in [0.4, 0.5) is 0 Å². The Kier molecular flexibility index (Phi) is 5.44. The van der Waals surface area contributed by atoms with E-state index in [0.29, 0.717) is 0 Å². The number of hydrogen-bond donors (Lipinski definition) is 2. The van der Waals surface area contributed by atoms with Crippen LogP contribution in [0, 0.1) is 0 Å². The Morgan fingerprint density at radius 3 is 2.38 bits per heavy atom. The zero-order valence-electron chi connectivity index (χ0n) is 8.59. The molecule has 2 nitrogen and oxygen atoms in total. The summed E-state index contributed by atoms with van der Waals surface area (Å²) in [6.07, 6.45) is 7.27. The third kappa shape index (κ3) is 4.90. The lowest BCUT2D eigenvalue weighted by molar-refractivity contribution is 1.06. The summed E-state index contributed by atoms with van der Waals surface area (Å²) < 4.78 is 0. The van der Waals surface area contributed by atoms with Gasteiger partial charge in [-0.1, -0.05) is 24.3 Å². The van der Waals surface area contributed by atoms with Gasteiger partial charge in [-0.25, -0.2) is 0 Å². The monoisotopic (exact) mass is 178 g/mol. The molecular weight excluding hydrogens is 160 g/mol. The first-order valence-corrected chi connectivity index (χ1v) is 4.25. The molecule has 0 spiro atoms. The largest absolute Gasteiger partial charge is 0.404 e. The second kappa shape index (κ2) is 6.12. The number of nitrogens with one attached hydrogen (secondary N) is 1. The van der Waals surface area contributed by atoms with E-state index in [-0.39, 0.29) is 0 Å². The van der Waals surface area contributed by atoms with Gasteiger partial charge in [0, 0.05) is 17.5 Å². The molecule has 0 aromatic carbocycles. The molecule has 0 heterocycles. The molecule has 0 atom stereocenters. The molecule has 72 valence electrons. The van der Waals surface area contributed by atoms with Crippen molar-refractivity contribution in [1.82, 2.24) is 5.32 Å². The molecule has 2 heteroatoms. The summed E-state index contributed by atoms with van der Waals surface area (Å²) in [5.41, 5.74) is 8.33. The first-order chi connectivity index (χ1) is 6.11. The van der Waals surface area contributed by atoms with Crippen molar-refractivity contribution in [3.63, 3.8) is 0 Å². The SMILES string of the molecule is C=C(NC=C(C)C)C(/C=C\C)=C/N. The lowest BCUT2D eigenvalue weighted by atomic mass is 10.2. The molecule has 0 aromatic rings. The van der Waals surface area contributed by atoms with Crippen LogP contribution in [0.1, 0.15) is 20.8 Å². The van der Waals surface area contributed by atoms with Crippen LogP contribution in [0.15, 0.2) is 48.0 Å². The smallest absolute Gasteiger partial charge is 0.0394 e. The van der Waals surface area contributed by atoms with E-state index in [9.17, 15) is 0 Å². The number of nitrogens with two attached hydrogens (primary N) is 1. The topological polar surface area (TPSA) is 38.0 Å². The predicted molar refractivity (Wildman–Crippen MR) is 58.8 cm³/mol. The van der Waals surface area contributed by atoms with E-state index in [0.717, 1.165) is 11.3 Å². The standard InChI is InChI=1S/C11H18N2/c1-5-6-11(7-12)10(4)13-8-9(2)3/h5-8,13H,4,12H2,1-3H3/b6-5-,11-7+. The van der Waals surface area contributed by atoms with Crippen molar-refractivity contribution in [3.8, 4) is 0 Å². The highest BCUT2D eigenvalue weighted by Gasteiger charge is 1.94. The summed E-state index contributed by atoms with van der Waals surface area (Å²) in [6, 6.07) is 0. The zero-order valence-corrected chi connectivity index (χ0v) is 8.59. The van der Waals surface area contributed by atoms with Crippen LogP contribution < -0.4 is 11.1 Å². The molecule has 0 rings (SSSR count). The van der Waals surface area contributed by atoms with E-state index >= 15 is 0 Å². The average molecular weight is 178 g/mol. The summed E-state index contributed by atoms with van der Waals surface area (Å²) >= 11 is 0. The minimum absolute atomic E-state index is 0.807. The lowest BCUT2D eigenvalue weighted by Crippen LogP contribution is -2.06. The maximum absolute atomic E-state index is 5.43. The van der Waals surface area contributed by atoms with Crippen LogP contribution in [0.3, 0.4) is 0 Å². The quantitative estimate of drug-likeness (QED) is 0.649. The van der Waals surface area contributed by atoms with Gasteiger partial charge in [-0.05, 0) is 27.0 Å². The van der Waals surface area contributed by atoms with Crippen molar-refractivity contribution >= 4 is 0 Å². The minimum atomic E-state index is 0.807. The fraction of sp³-hybridized carbons (Fsp3) is 0.273. The molecule has 0 aliphatic heterocycles. The Hall–Kier alpha value is -1.44. The van der Waals surface area contributed by atoms with Gasteiger partial charge in [-0.2, -0.15) is 0 Å². The van der Waals surface area contributed by atoms with Gasteiger partial charge in [0.2, 0.25) is 0 Å². The molecule has 0 unspecified atom stereocenters. The van der Waals surface area contributed by atoms with Gasteiger partial charge in [0.15, 0.2) is 0 Å². The molecule has 0 fully saturated rings. The van der Waals surface area contributed by atoms with Crippen LogP contribution in [0.5, 0.6) is 0 Å². The van der Waals surface area contributed by atoms with Crippen LogP contribution in [-0.2, 0) is 0 Å². The molecule has 0 aliphatic carbocycles. The van der Waals surface area contributed by atoms with Crippen LogP contribution in [0.25, 0.3) is 0 Å². The van der Waals surface area contributed by atoms with Crippen molar-refractivity contribution in [2.45, 2.75) is 20.8 Å². The highest BCUT2D eigenvalue weighted by atomic mass is 14.8. The Morgan fingerprint density at radius 1 is 1.38 bits per heavy atom. The van der Waals surface area contributed by atoms with Gasteiger partial charge in [-0.3, -0.25) is 0 Å². The van der Waals surface area contributed by atoms with Crippen LogP contribution in [-0.4, -0.2) is 0 Å². The normalized spacial score (nSPS) is 11.5. The molecule has 3 N–H and O–H groups in total. The number of allylic oxidation sites excluding steroid dienone is 3. The molecule has 0 amide bonds. The Morgan fingerprint density at radius 2 is 2.00 bits per heavy atom. The van der Waals surface area contributed by atoms with E-state index < -0.39 is 0 Å². The minimum Gasteiger partial charge on any atom is -0.404 e. The Balaban J connectivity index is 4.33. The first kappa shape index (κ1) is 11.6. The average Bonchev–Trinajstić information content (AvgIpc) is 2.10. The third-order valence-electron chi connectivity index (χ3n) is 1.41. The molecular formula is C11H18N2. The van der Waals surface area contributed by atoms with Crippen molar-refractivity contribution in [3.05, 3.63) is 48.0 Å². The number of hydrogen-bond acceptors (Lipinski definition) is 2. The van der Waals surface area contributed by atoms with Crippen molar-refractivity contribution in [2.75, 3.05) is 0 Å². The summed E-state index contributed by atoms with van der Waals surface area (Å²) in [7, 11) is 0. The Labute approximate surface area is 80.5 Å². The predicted octanol–water partition coefficient (Wildman–Crippen LogP) is 2.43. The molecule has 0 aromatic heterocycles. The van der Waals surface area contributed by atoms with Crippen LogP contribution in [0.2, 0.25) is 0 Å². The van der Waals surface area contributed by atoms with Gasteiger partial charge in [0.25, 0.3) is 0 Å². The summed E-state index contributed by atoms with van der Waals surface area (Å²) in [5.74, 6) is 0. The van der Waals surface area contributed by atoms with E-state index in [1.165, 1.54) is 11.8 Å². The molecule has 0 bridgehead atoms. The second-order valence-electron chi connectivity index (χ2n) is 2.97. The summed E-state index contributed by atoms with van der Waals surface area (Å²) in [4.78, 5) is 0. The van der Waals surface area contributed by atoms with E-state index in [4.69, 9.17) is 5.73 Å². The van der Waals surface area contributed by atoms with Crippen LogP contribution >= 0.6 is 0 Å². The molecule has 13 heavy (non-hydrogen) atoms. The third-order valence-corrected chi connectivity index (χ3v) is 1.41. The van der Waals surface area contributed by atoms with E-state index in [1.54, 1.807) is 0 Å². The maximum Gasteiger partial charge on any atom is 0.0394 e. The first-order valence-electron chi connectivity index (χ1n) is 4.25. The molecule has 0 aliphatic rings. The summed E-state index contributed by atoms with van der Waals surface area (Å²) in [6.45, 7) is 9.83. The number of rotatable bonds is 4. The van der Waals surface area contributed by atoms with Gasteiger partial charge >= 0.3 is 0 Å². The molecule has 0 saturated carbocycles.